The van der Waals surface area contributed by atoms with Gasteiger partial charge in [0.2, 0.25) is 0 Å². The molecule has 0 aliphatic carbocycles. The number of benzene rings is 1. The summed E-state index contributed by atoms with van der Waals surface area (Å²) in [7, 11) is 1.94. The molecule has 0 atom stereocenters. The predicted molar refractivity (Wildman–Crippen MR) is 88.7 cm³/mol. The van der Waals surface area contributed by atoms with Crippen LogP contribution in [-0.2, 0) is 26.6 Å². The molecule has 0 saturated heterocycles. The Morgan fingerprint density at radius 2 is 1.86 bits per heavy atom. The van der Waals surface area contributed by atoms with Gasteiger partial charge in [-0.25, -0.2) is 0 Å². The third kappa shape index (κ3) is 3.86. The number of hydrogen-bond acceptors (Lipinski definition) is 2. The summed E-state index contributed by atoms with van der Waals surface area (Å²) in [5, 5.41) is 8.66. The van der Waals surface area contributed by atoms with E-state index < -0.39 is 0 Å². The molecule has 2 rings (SSSR count). The van der Waals surface area contributed by atoms with Gasteiger partial charge in [-0.15, -0.1) is 0 Å². The van der Waals surface area contributed by atoms with Crippen molar-refractivity contribution in [3.8, 4) is 0 Å². The minimum absolute atomic E-state index is 0.577. The summed E-state index contributed by atoms with van der Waals surface area (Å²) in [5.41, 5.74) is 4.68. The highest BCUT2D eigenvalue weighted by atomic mass is 35.5. The van der Waals surface area contributed by atoms with Gasteiger partial charge in [-0.1, -0.05) is 56.6 Å². The molecular weight excluding hydrogens is 282 g/mol. The minimum atomic E-state index is 0.577. The van der Waals surface area contributed by atoms with E-state index in [4.69, 9.17) is 11.6 Å². The lowest BCUT2D eigenvalue weighted by Crippen LogP contribution is -2.15. The molecule has 0 aliphatic heterocycles. The van der Waals surface area contributed by atoms with Crippen molar-refractivity contribution in [1.82, 2.24) is 15.1 Å². The number of nitrogens with zero attached hydrogens (tertiary/aromatic N) is 2. The number of aryl methyl sites for hydroxylation is 2. The van der Waals surface area contributed by atoms with Crippen LogP contribution in [0.15, 0.2) is 24.3 Å². The van der Waals surface area contributed by atoms with E-state index in [0.717, 1.165) is 35.9 Å². The molecule has 0 radical (unpaired) electrons. The Labute approximate surface area is 132 Å². The quantitative estimate of drug-likeness (QED) is 0.872. The van der Waals surface area contributed by atoms with Gasteiger partial charge in [0.25, 0.3) is 0 Å². The highest BCUT2D eigenvalue weighted by Crippen LogP contribution is 2.20. The minimum Gasteiger partial charge on any atom is -0.307 e. The summed E-state index contributed by atoms with van der Waals surface area (Å²) < 4.78 is 1.87. The molecule has 1 heterocycles. The van der Waals surface area contributed by atoms with Crippen LogP contribution in [0.1, 0.15) is 49.2 Å². The lowest BCUT2D eigenvalue weighted by molar-refractivity contribution is 0.623. The average molecular weight is 306 g/mol. The SMILES string of the molecule is CCc1nn(C)c(CNCc2ccc(C(C)C)cc2)c1Cl. The first-order valence-electron chi connectivity index (χ1n) is 7.52. The van der Waals surface area contributed by atoms with Crippen molar-refractivity contribution in [2.45, 2.75) is 46.2 Å². The Balaban J connectivity index is 1.94. The largest absolute Gasteiger partial charge is 0.307 e. The second-order valence-corrected chi connectivity index (χ2v) is 6.06. The van der Waals surface area contributed by atoms with E-state index in [1.165, 1.54) is 11.1 Å². The van der Waals surface area contributed by atoms with Crippen LogP contribution < -0.4 is 5.32 Å². The molecule has 114 valence electrons. The third-order valence-corrected chi connectivity index (χ3v) is 4.21. The Morgan fingerprint density at radius 1 is 1.19 bits per heavy atom. The van der Waals surface area contributed by atoms with Crippen molar-refractivity contribution in [3.05, 3.63) is 51.8 Å². The molecule has 0 spiro atoms. The van der Waals surface area contributed by atoms with Crippen molar-refractivity contribution < 1.29 is 0 Å². The topological polar surface area (TPSA) is 29.9 Å². The molecule has 0 fully saturated rings. The van der Waals surface area contributed by atoms with Gasteiger partial charge in [0, 0.05) is 20.1 Å². The zero-order valence-corrected chi connectivity index (χ0v) is 14.0. The molecular formula is C17H24ClN3. The maximum absolute atomic E-state index is 6.34. The van der Waals surface area contributed by atoms with Gasteiger partial charge in [0.05, 0.1) is 16.4 Å². The molecule has 1 aromatic carbocycles. The first-order chi connectivity index (χ1) is 10.0. The Bertz CT molecular complexity index is 585. The van der Waals surface area contributed by atoms with Gasteiger partial charge < -0.3 is 5.32 Å². The van der Waals surface area contributed by atoms with Crippen LogP contribution >= 0.6 is 11.6 Å². The smallest absolute Gasteiger partial charge is 0.0863 e. The lowest BCUT2D eigenvalue weighted by atomic mass is 10.0. The van der Waals surface area contributed by atoms with Crippen molar-refractivity contribution in [1.29, 1.82) is 0 Å². The molecule has 1 aromatic heterocycles. The Hall–Kier alpha value is -1.32. The Morgan fingerprint density at radius 3 is 2.38 bits per heavy atom. The lowest BCUT2D eigenvalue weighted by Gasteiger charge is -2.08. The number of nitrogens with one attached hydrogen (secondary N) is 1. The van der Waals surface area contributed by atoms with Gasteiger partial charge in [-0.05, 0) is 23.5 Å². The van der Waals surface area contributed by atoms with E-state index in [9.17, 15) is 0 Å². The van der Waals surface area contributed by atoms with Crippen molar-refractivity contribution in [2.24, 2.45) is 7.05 Å². The van der Waals surface area contributed by atoms with E-state index in [1.54, 1.807) is 0 Å². The molecule has 0 unspecified atom stereocenters. The highest BCUT2D eigenvalue weighted by Gasteiger charge is 2.12. The summed E-state index contributed by atoms with van der Waals surface area (Å²) in [4.78, 5) is 0. The van der Waals surface area contributed by atoms with E-state index in [0.29, 0.717) is 5.92 Å². The molecule has 2 aromatic rings. The standard InChI is InChI=1S/C17H24ClN3/c1-5-15-17(18)16(21(4)20-15)11-19-10-13-6-8-14(9-7-13)12(2)3/h6-9,12,19H,5,10-11H2,1-4H3. The van der Waals surface area contributed by atoms with Crippen molar-refractivity contribution in [3.63, 3.8) is 0 Å². The molecule has 0 aliphatic rings. The first-order valence-corrected chi connectivity index (χ1v) is 7.90. The number of rotatable bonds is 6. The summed E-state index contributed by atoms with van der Waals surface area (Å²) in [6.07, 6.45) is 0.864. The van der Waals surface area contributed by atoms with Crippen LogP contribution in [0.5, 0.6) is 0 Å². The zero-order chi connectivity index (χ0) is 15.4. The van der Waals surface area contributed by atoms with Crippen molar-refractivity contribution >= 4 is 11.6 Å². The molecule has 3 nitrogen and oxygen atoms in total. The van der Waals surface area contributed by atoms with Crippen molar-refractivity contribution in [2.75, 3.05) is 0 Å². The fourth-order valence-electron chi connectivity index (χ4n) is 2.36. The number of aromatic nitrogens is 2. The van der Waals surface area contributed by atoms with E-state index in [2.05, 4.69) is 55.5 Å². The van der Waals surface area contributed by atoms with E-state index >= 15 is 0 Å². The summed E-state index contributed by atoms with van der Waals surface area (Å²) in [6.45, 7) is 8.06. The van der Waals surface area contributed by atoms with E-state index in [-0.39, 0.29) is 0 Å². The summed E-state index contributed by atoms with van der Waals surface area (Å²) >= 11 is 6.34. The molecule has 0 bridgehead atoms. The third-order valence-electron chi connectivity index (χ3n) is 3.77. The predicted octanol–water partition coefficient (Wildman–Crippen LogP) is 4.05. The molecule has 4 heteroatoms. The normalized spacial score (nSPS) is 11.3. The van der Waals surface area contributed by atoms with Gasteiger partial charge in [-0.3, -0.25) is 4.68 Å². The van der Waals surface area contributed by atoms with Gasteiger partial charge in [0.1, 0.15) is 0 Å². The zero-order valence-electron chi connectivity index (χ0n) is 13.3. The maximum atomic E-state index is 6.34. The second-order valence-electron chi connectivity index (χ2n) is 5.68. The van der Waals surface area contributed by atoms with Crippen LogP contribution in [-0.4, -0.2) is 9.78 Å². The monoisotopic (exact) mass is 305 g/mol. The van der Waals surface area contributed by atoms with Gasteiger partial charge in [0.15, 0.2) is 0 Å². The van der Waals surface area contributed by atoms with E-state index in [1.807, 2.05) is 11.7 Å². The first kappa shape index (κ1) is 16.1. The van der Waals surface area contributed by atoms with Crippen LogP contribution in [0.2, 0.25) is 5.02 Å². The van der Waals surface area contributed by atoms with Crippen LogP contribution in [0.4, 0.5) is 0 Å². The fraction of sp³-hybridized carbons (Fsp3) is 0.471. The second kappa shape index (κ2) is 7.10. The van der Waals surface area contributed by atoms with Gasteiger partial charge in [-0.2, -0.15) is 5.10 Å². The summed E-state index contributed by atoms with van der Waals surface area (Å²) in [6, 6.07) is 8.77. The van der Waals surface area contributed by atoms with Gasteiger partial charge >= 0.3 is 0 Å². The van der Waals surface area contributed by atoms with Crippen LogP contribution in [0.25, 0.3) is 0 Å². The molecule has 0 amide bonds. The summed E-state index contributed by atoms with van der Waals surface area (Å²) in [5.74, 6) is 0.577. The maximum Gasteiger partial charge on any atom is 0.0863 e. The molecule has 1 N–H and O–H groups in total. The fourth-order valence-corrected chi connectivity index (χ4v) is 2.72. The van der Waals surface area contributed by atoms with Crippen LogP contribution in [0.3, 0.4) is 0 Å². The molecule has 21 heavy (non-hydrogen) atoms. The Kier molecular flexibility index (Phi) is 5.43. The average Bonchev–Trinajstić information content (AvgIpc) is 2.75. The number of halogens is 1. The highest BCUT2D eigenvalue weighted by molar-refractivity contribution is 6.31. The molecule has 0 saturated carbocycles. The number of hydrogen-bond donors (Lipinski definition) is 1. The van der Waals surface area contributed by atoms with Crippen LogP contribution in [0, 0.1) is 0 Å².